The number of carbonyl (C=O) groups excluding carboxylic acids is 2. The quantitative estimate of drug-likeness (QED) is 0.346. The second-order valence-electron chi connectivity index (χ2n) is 12.2. The first-order valence-electron chi connectivity index (χ1n) is 14.5. The molecule has 0 aromatic heterocycles. The maximum atomic E-state index is 15.9. The minimum absolute atomic E-state index is 0.0469. The monoisotopic (exact) mass is 604 g/mol. The number of carbonyl (C=O) groups is 2. The minimum atomic E-state index is -1.26. The number of fused-ring (bicyclic) bond motifs is 2. The van der Waals surface area contributed by atoms with Crippen LogP contribution in [0.25, 0.3) is 0 Å². The summed E-state index contributed by atoms with van der Waals surface area (Å²) in [6.07, 6.45) is 2.23. The Morgan fingerprint density at radius 3 is 2.71 bits per heavy atom. The van der Waals surface area contributed by atoms with Crippen molar-refractivity contribution in [2.45, 2.75) is 63.5 Å². The van der Waals surface area contributed by atoms with Crippen LogP contribution in [0.4, 0.5) is 10.1 Å². The molecular formula is C31H39Cl2FN4O3. The first kappa shape index (κ1) is 30.2. The molecule has 2 fully saturated rings. The fourth-order valence-electron chi connectivity index (χ4n) is 6.69. The van der Waals surface area contributed by atoms with E-state index < -0.39 is 29.2 Å². The molecule has 3 aliphatic rings. The molecule has 10 heteroatoms. The van der Waals surface area contributed by atoms with Crippen LogP contribution in [0.5, 0.6) is 0 Å². The highest BCUT2D eigenvalue weighted by Crippen LogP contribution is 2.57. The zero-order valence-corrected chi connectivity index (χ0v) is 25.4. The summed E-state index contributed by atoms with van der Waals surface area (Å²) in [6, 6.07) is 8.78. The average molecular weight is 606 g/mol. The van der Waals surface area contributed by atoms with E-state index in [1.54, 1.807) is 24.3 Å². The van der Waals surface area contributed by atoms with Gasteiger partial charge in [0.25, 0.3) is 0 Å². The summed E-state index contributed by atoms with van der Waals surface area (Å²) in [5, 5.41) is 10.1. The van der Waals surface area contributed by atoms with Gasteiger partial charge in [0.2, 0.25) is 11.8 Å². The van der Waals surface area contributed by atoms with Gasteiger partial charge in [-0.2, -0.15) is 0 Å². The Morgan fingerprint density at radius 1 is 1.22 bits per heavy atom. The molecule has 0 saturated carbocycles. The number of halogens is 3. The van der Waals surface area contributed by atoms with Crippen LogP contribution < -0.4 is 16.0 Å². The zero-order chi connectivity index (χ0) is 29.4. The fraction of sp³-hybridized carbons (Fsp3) is 0.548. The lowest BCUT2D eigenvalue weighted by atomic mass is 9.62. The molecule has 4 atom stereocenters. The summed E-state index contributed by atoms with van der Waals surface area (Å²) in [7, 11) is 0. The Kier molecular flexibility index (Phi) is 8.98. The van der Waals surface area contributed by atoms with Crippen molar-refractivity contribution in [2.75, 3.05) is 44.7 Å². The summed E-state index contributed by atoms with van der Waals surface area (Å²) in [4.78, 5) is 30.5. The van der Waals surface area contributed by atoms with E-state index in [1.165, 1.54) is 6.07 Å². The molecule has 222 valence electrons. The number of hydrogen-bond acceptors (Lipinski definition) is 5. The normalized spacial score (nSPS) is 26.3. The molecule has 2 amide bonds. The Balaban J connectivity index is 1.54. The van der Waals surface area contributed by atoms with Gasteiger partial charge < -0.3 is 20.7 Å². The second-order valence-corrected chi connectivity index (χ2v) is 13.0. The number of hydrogen-bond donors (Lipinski definition) is 3. The number of rotatable bonds is 9. The maximum Gasteiger partial charge on any atom is 0.237 e. The molecule has 3 aliphatic heterocycles. The van der Waals surface area contributed by atoms with Crippen molar-refractivity contribution in [3.8, 4) is 0 Å². The fourth-order valence-corrected chi connectivity index (χ4v) is 7.04. The van der Waals surface area contributed by atoms with Crippen molar-refractivity contribution >= 4 is 40.7 Å². The van der Waals surface area contributed by atoms with Gasteiger partial charge in [0.15, 0.2) is 0 Å². The molecule has 4 unspecified atom stereocenters. The van der Waals surface area contributed by atoms with Crippen molar-refractivity contribution in [3.63, 3.8) is 0 Å². The van der Waals surface area contributed by atoms with Crippen LogP contribution in [-0.4, -0.2) is 68.2 Å². The van der Waals surface area contributed by atoms with Gasteiger partial charge in [-0.3, -0.25) is 14.5 Å². The number of ether oxygens (including phenoxy) is 1. The van der Waals surface area contributed by atoms with Crippen LogP contribution in [-0.2, 0) is 19.7 Å². The largest absolute Gasteiger partial charge is 0.379 e. The second kappa shape index (κ2) is 12.2. The van der Waals surface area contributed by atoms with Gasteiger partial charge >= 0.3 is 0 Å². The Bertz CT molecular complexity index is 1300. The first-order chi connectivity index (χ1) is 19.6. The molecular weight excluding hydrogens is 566 g/mol. The standard InChI is InChI=1S/C31H39Cl2FN4O3/c1-4-30(2,3)18-24-31(21-10-9-19(32)17-23(21)36-29(31)40)25(20-7-5-8-22(33)26(20)34)27(37-24)28(39)35-11-6-12-38-13-15-41-16-14-38/h5,7-10,17,24-25,27,37H,4,6,11-16,18H2,1-3H3,(H,35,39)(H,36,40). The highest BCUT2D eigenvalue weighted by Gasteiger charge is 2.66. The van der Waals surface area contributed by atoms with Crippen molar-refractivity contribution in [3.05, 3.63) is 63.4 Å². The van der Waals surface area contributed by atoms with E-state index in [4.69, 9.17) is 27.9 Å². The third-order valence-electron chi connectivity index (χ3n) is 9.17. The van der Waals surface area contributed by atoms with Crippen molar-refractivity contribution in [1.29, 1.82) is 0 Å². The lowest BCUT2D eigenvalue weighted by molar-refractivity contribution is -0.123. The van der Waals surface area contributed by atoms with Crippen LogP contribution in [0, 0.1) is 11.2 Å². The van der Waals surface area contributed by atoms with E-state index in [9.17, 15) is 9.59 Å². The van der Waals surface area contributed by atoms with Crippen molar-refractivity contribution < 1.29 is 18.7 Å². The Labute approximate surface area is 251 Å². The lowest BCUT2D eigenvalue weighted by Gasteiger charge is -2.38. The van der Waals surface area contributed by atoms with Crippen molar-refractivity contribution in [2.24, 2.45) is 5.41 Å². The molecule has 2 saturated heterocycles. The number of amides is 2. The van der Waals surface area contributed by atoms with Crippen LogP contribution >= 0.6 is 23.2 Å². The number of nitrogens with zero attached hydrogens (tertiary/aromatic N) is 1. The van der Waals surface area contributed by atoms with E-state index in [0.29, 0.717) is 29.2 Å². The smallest absolute Gasteiger partial charge is 0.237 e. The summed E-state index contributed by atoms with van der Waals surface area (Å²) >= 11 is 12.6. The summed E-state index contributed by atoms with van der Waals surface area (Å²) in [6.45, 7) is 10.9. The molecule has 7 nitrogen and oxygen atoms in total. The molecule has 3 heterocycles. The van der Waals surface area contributed by atoms with Crippen molar-refractivity contribution in [1.82, 2.24) is 15.5 Å². The SMILES string of the molecule is CCC(C)(C)CC1NC(C(=O)NCCCN2CCOCC2)C(c2cccc(Cl)c2F)C12C(=O)Nc1cc(Cl)ccc12. The molecule has 0 bridgehead atoms. The summed E-state index contributed by atoms with van der Waals surface area (Å²) < 4.78 is 21.3. The van der Waals surface area contributed by atoms with Gasteiger partial charge in [0, 0.05) is 42.3 Å². The van der Waals surface area contributed by atoms with Gasteiger partial charge in [-0.05, 0) is 54.1 Å². The maximum absolute atomic E-state index is 15.9. The Morgan fingerprint density at radius 2 is 1.98 bits per heavy atom. The lowest BCUT2D eigenvalue weighted by Crippen LogP contribution is -2.50. The van der Waals surface area contributed by atoms with Crippen LogP contribution in [0.3, 0.4) is 0 Å². The molecule has 5 rings (SSSR count). The number of morpholine rings is 1. The van der Waals surface area contributed by atoms with Gasteiger partial charge in [0.05, 0.1) is 24.3 Å². The highest BCUT2D eigenvalue weighted by atomic mass is 35.5. The predicted molar refractivity (Wildman–Crippen MR) is 160 cm³/mol. The summed E-state index contributed by atoms with van der Waals surface area (Å²) in [5.74, 6) is -1.99. The van der Waals surface area contributed by atoms with E-state index in [2.05, 4.69) is 41.6 Å². The van der Waals surface area contributed by atoms with Gasteiger partial charge in [-0.1, -0.05) is 68.6 Å². The molecule has 2 aromatic carbocycles. The third-order valence-corrected chi connectivity index (χ3v) is 9.70. The highest BCUT2D eigenvalue weighted by molar-refractivity contribution is 6.31. The van der Waals surface area contributed by atoms with E-state index >= 15 is 4.39 Å². The topological polar surface area (TPSA) is 82.7 Å². The van der Waals surface area contributed by atoms with E-state index in [-0.39, 0.29) is 27.8 Å². The van der Waals surface area contributed by atoms with Gasteiger partial charge in [0.1, 0.15) is 11.2 Å². The molecule has 3 N–H and O–H groups in total. The molecule has 1 spiro atoms. The number of anilines is 1. The van der Waals surface area contributed by atoms with Gasteiger partial charge in [-0.25, -0.2) is 4.39 Å². The molecule has 0 aliphatic carbocycles. The zero-order valence-electron chi connectivity index (χ0n) is 23.9. The molecule has 0 radical (unpaired) electrons. The first-order valence-corrected chi connectivity index (χ1v) is 15.2. The summed E-state index contributed by atoms with van der Waals surface area (Å²) in [5.41, 5.74) is 0.133. The average Bonchev–Trinajstić information content (AvgIpc) is 3.42. The van der Waals surface area contributed by atoms with E-state index in [1.807, 2.05) is 6.07 Å². The number of benzene rings is 2. The minimum Gasteiger partial charge on any atom is -0.379 e. The van der Waals surface area contributed by atoms with Crippen LogP contribution in [0.2, 0.25) is 10.0 Å². The predicted octanol–water partition coefficient (Wildman–Crippen LogP) is 5.11. The molecule has 41 heavy (non-hydrogen) atoms. The van der Waals surface area contributed by atoms with E-state index in [0.717, 1.165) is 45.7 Å². The third kappa shape index (κ3) is 5.74. The van der Waals surface area contributed by atoms with Crippen LogP contribution in [0.1, 0.15) is 57.1 Å². The van der Waals surface area contributed by atoms with Gasteiger partial charge in [-0.15, -0.1) is 0 Å². The molecule has 2 aromatic rings. The number of nitrogens with one attached hydrogen (secondary N) is 3. The van der Waals surface area contributed by atoms with Crippen LogP contribution in [0.15, 0.2) is 36.4 Å². The Hall–Kier alpha value is -2.23.